The molecule has 0 aliphatic rings. The van der Waals surface area contributed by atoms with Crippen LogP contribution in [-0.4, -0.2) is 6.18 Å². The molecule has 0 aliphatic carbocycles. The van der Waals surface area contributed by atoms with E-state index in [1.54, 1.807) is 0 Å². The molecule has 0 atom stereocenters. The summed E-state index contributed by atoms with van der Waals surface area (Å²) in [5, 5.41) is 0. The maximum Gasteiger partial charge on any atom is 0.430 e. The highest BCUT2D eigenvalue weighted by atomic mass is 19.4. The quantitative estimate of drug-likeness (QED) is 0.711. The lowest BCUT2D eigenvalue weighted by Gasteiger charge is -2.10. The summed E-state index contributed by atoms with van der Waals surface area (Å²) in [6.07, 6.45) is -2.30. The lowest BCUT2D eigenvalue weighted by atomic mass is 10.1. The topological polar surface area (TPSA) is 26.0 Å². The van der Waals surface area contributed by atoms with Crippen molar-refractivity contribution < 1.29 is 13.2 Å². The first-order chi connectivity index (χ1) is 5.39. The van der Waals surface area contributed by atoms with Crippen LogP contribution >= 0.6 is 0 Å². The van der Waals surface area contributed by atoms with E-state index in [2.05, 4.69) is 0 Å². The van der Waals surface area contributed by atoms with Gasteiger partial charge in [-0.05, 0) is 25.3 Å². The van der Waals surface area contributed by atoms with Crippen LogP contribution in [0.15, 0.2) is 11.3 Å². The number of unbranched alkanes of at least 4 members (excludes halogenated alkanes) is 1. The molecule has 0 amide bonds. The number of rotatable bonds is 3. The van der Waals surface area contributed by atoms with Gasteiger partial charge in [-0.25, -0.2) is 0 Å². The van der Waals surface area contributed by atoms with Crippen LogP contribution in [0.3, 0.4) is 0 Å². The monoisotopic (exact) mass is 181 g/mol. The van der Waals surface area contributed by atoms with Crippen LogP contribution in [0.1, 0.15) is 33.1 Å². The van der Waals surface area contributed by atoms with Gasteiger partial charge < -0.3 is 5.73 Å². The fraction of sp³-hybridized carbons (Fsp3) is 0.750. The van der Waals surface area contributed by atoms with Crippen LogP contribution in [0.25, 0.3) is 0 Å². The summed E-state index contributed by atoms with van der Waals surface area (Å²) in [5.74, 6) is 0. The molecule has 0 aromatic carbocycles. The second kappa shape index (κ2) is 4.38. The van der Waals surface area contributed by atoms with E-state index in [-0.39, 0.29) is 5.57 Å². The van der Waals surface area contributed by atoms with Gasteiger partial charge in [-0.15, -0.1) is 0 Å². The molecule has 0 unspecified atom stereocenters. The van der Waals surface area contributed by atoms with Crippen LogP contribution in [0.4, 0.5) is 13.2 Å². The summed E-state index contributed by atoms with van der Waals surface area (Å²) in [6.45, 7) is 3.36. The third kappa shape index (κ3) is 3.64. The van der Waals surface area contributed by atoms with Crippen molar-refractivity contribution >= 4 is 0 Å². The molecule has 0 aromatic rings. The Kier molecular flexibility index (Phi) is 4.13. The van der Waals surface area contributed by atoms with Crippen molar-refractivity contribution in [2.24, 2.45) is 5.73 Å². The minimum Gasteiger partial charge on any atom is -0.395 e. The number of hydrogen-bond acceptors (Lipinski definition) is 1. The van der Waals surface area contributed by atoms with Crippen LogP contribution in [0.5, 0.6) is 0 Å². The van der Waals surface area contributed by atoms with Crippen molar-refractivity contribution in [3.63, 3.8) is 0 Å². The zero-order valence-electron chi connectivity index (χ0n) is 7.33. The number of nitrogens with two attached hydrogens (primary N) is 1. The Balaban J connectivity index is 4.26. The van der Waals surface area contributed by atoms with Crippen molar-refractivity contribution in [2.45, 2.75) is 39.3 Å². The van der Waals surface area contributed by atoms with Gasteiger partial charge in [0.05, 0.1) is 0 Å². The van der Waals surface area contributed by atoms with Crippen molar-refractivity contribution in [3.05, 3.63) is 11.3 Å². The van der Waals surface area contributed by atoms with Crippen LogP contribution in [0.2, 0.25) is 0 Å². The zero-order valence-corrected chi connectivity index (χ0v) is 7.33. The van der Waals surface area contributed by atoms with Gasteiger partial charge in [-0.3, -0.25) is 0 Å². The van der Waals surface area contributed by atoms with Gasteiger partial charge in [0.2, 0.25) is 0 Å². The molecular formula is C8H14F3N. The molecule has 0 saturated heterocycles. The van der Waals surface area contributed by atoms with Crippen molar-refractivity contribution in [1.82, 2.24) is 0 Å². The van der Waals surface area contributed by atoms with Gasteiger partial charge in [-0.1, -0.05) is 13.3 Å². The highest BCUT2D eigenvalue weighted by Gasteiger charge is 2.32. The van der Waals surface area contributed by atoms with Gasteiger partial charge in [0.1, 0.15) is 5.70 Å². The van der Waals surface area contributed by atoms with Gasteiger partial charge in [-0.2, -0.15) is 13.2 Å². The van der Waals surface area contributed by atoms with Crippen LogP contribution < -0.4 is 5.73 Å². The van der Waals surface area contributed by atoms with E-state index in [1.165, 1.54) is 6.92 Å². The van der Waals surface area contributed by atoms with Crippen molar-refractivity contribution in [1.29, 1.82) is 0 Å². The normalized spacial score (nSPS) is 14.4. The van der Waals surface area contributed by atoms with Crippen molar-refractivity contribution in [3.8, 4) is 0 Å². The first-order valence-electron chi connectivity index (χ1n) is 3.92. The Morgan fingerprint density at radius 2 is 1.83 bits per heavy atom. The fourth-order valence-electron chi connectivity index (χ4n) is 0.819. The van der Waals surface area contributed by atoms with Crippen LogP contribution in [0, 0.1) is 0 Å². The average molecular weight is 181 g/mol. The highest BCUT2D eigenvalue weighted by molar-refractivity contribution is 5.13. The van der Waals surface area contributed by atoms with Gasteiger partial charge >= 0.3 is 6.18 Å². The average Bonchev–Trinajstić information content (AvgIpc) is 1.97. The Morgan fingerprint density at radius 1 is 1.33 bits per heavy atom. The third-order valence-electron chi connectivity index (χ3n) is 1.67. The van der Waals surface area contributed by atoms with Gasteiger partial charge in [0.15, 0.2) is 0 Å². The number of alkyl halides is 3. The molecule has 0 radical (unpaired) electrons. The molecule has 0 fully saturated rings. The minimum absolute atomic E-state index is 0.240. The Bertz CT molecular complexity index is 170. The van der Waals surface area contributed by atoms with E-state index in [0.29, 0.717) is 6.42 Å². The smallest absolute Gasteiger partial charge is 0.395 e. The molecule has 0 bridgehead atoms. The summed E-state index contributed by atoms with van der Waals surface area (Å²) in [7, 11) is 0. The third-order valence-corrected chi connectivity index (χ3v) is 1.67. The van der Waals surface area contributed by atoms with E-state index in [0.717, 1.165) is 12.8 Å². The standard InChI is InChI=1S/C8H14F3N/c1-3-4-5-6(2)7(12)8(9,10)11/h3-5,12H2,1-2H3. The summed E-state index contributed by atoms with van der Waals surface area (Å²) in [5.41, 5.74) is 4.20. The lowest BCUT2D eigenvalue weighted by Crippen LogP contribution is -2.21. The lowest BCUT2D eigenvalue weighted by molar-refractivity contribution is -0.0936. The van der Waals surface area contributed by atoms with Crippen molar-refractivity contribution in [2.75, 3.05) is 0 Å². The maximum absolute atomic E-state index is 11.9. The van der Waals surface area contributed by atoms with E-state index in [1.807, 2.05) is 6.92 Å². The summed E-state index contributed by atoms with van der Waals surface area (Å²) in [6, 6.07) is 0. The molecule has 0 aliphatic heterocycles. The molecule has 0 spiro atoms. The number of halogens is 3. The van der Waals surface area contributed by atoms with Gasteiger partial charge in [0, 0.05) is 0 Å². The zero-order chi connectivity index (χ0) is 9.78. The molecule has 0 saturated carbocycles. The molecule has 0 rings (SSSR count). The predicted molar refractivity (Wildman–Crippen MR) is 42.5 cm³/mol. The number of allylic oxidation sites excluding steroid dienone is 2. The van der Waals surface area contributed by atoms with Crippen LogP contribution in [-0.2, 0) is 0 Å². The first kappa shape index (κ1) is 11.3. The van der Waals surface area contributed by atoms with E-state index < -0.39 is 11.9 Å². The second-order valence-corrected chi connectivity index (χ2v) is 2.80. The highest BCUT2D eigenvalue weighted by Crippen LogP contribution is 2.25. The minimum atomic E-state index is -4.36. The summed E-state index contributed by atoms with van der Waals surface area (Å²) in [4.78, 5) is 0. The Morgan fingerprint density at radius 3 is 2.17 bits per heavy atom. The molecular weight excluding hydrogens is 167 g/mol. The van der Waals surface area contributed by atoms with E-state index in [4.69, 9.17) is 5.73 Å². The molecule has 1 nitrogen and oxygen atoms in total. The van der Waals surface area contributed by atoms with Gasteiger partial charge in [0.25, 0.3) is 0 Å². The second-order valence-electron chi connectivity index (χ2n) is 2.80. The predicted octanol–water partition coefficient (Wildman–Crippen LogP) is 2.97. The Hall–Kier alpha value is -0.670. The number of hydrogen-bond donors (Lipinski definition) is 1. The molecule has 4 heteroatoms. The first-order valence-corrected chi connectivity index (χ1v) is 3.92. The molecule has 0 aromatic heterocycles. The fourth-order valence-corrected chi connectivity index (χ4v) is 0.819. The SMILES string of the molecule is CCCCC(C)=C(N)C(F)(F)F. The summed E-state index contributed by atoms with van der Waals surface area (Å²) < 4.78 is 35.8. The largest absolute Gasteiger partial charge is 0.430 e. The Labute approximate surface area is 70.4 Å². The summed E-state index contributed by atoms with van der Waals surface area (Å²) >= 11 is 0. The van der Waals surface area contributed by atoms with E-state index in [9.17, 15) is 13.2 Å². The molecule has 12 heavy (non-hydrogen) atoms. The molecule has 0 heterocycles. The molecule has 2 N–H and O–H groups in total. The molecule has 72 valence electrons. The maximum atomic E-state index is 11.9. The van der Waals surface area contributed by atoms with E-state index >= 15 is 0 Å².